The molecule has 0 aromatic carbocycles. The number of carbonyl (C=O) groups is 4. The van der Waals surface area contributed by atoms with Crippen molar-refractivity contribution in [1.29, 1.82) is 0 Å². The number of ether oxygens (including phenoxy) is 14. The highest BCUT2D eigenvalue weighted by molar-refractivity contribution is 5.73. The second kappa shape index (κ2) is 39.6. The molecule has 0 aromatic heterocycles. The van der Waals surface area contributed by atoms with Crippen LogP contribution in [0.5, 0.6) is 0 Å². The number of hydrogen-bond acceptors (Lipinski definition) is 28. The first-order valence-electron chi connectivity index (χ1n) is 34.4. The molecular formula is C65H112O28. The average molecular weight is 1340 g/mol. The zero-order chi connectivity index (χ0) is 68.1. The molecule has 6 aliphatic heterocycles. The minimum absolute atomic E-state index is 0.0610. The summed E-state index contributed by atoms with van der Waals surface area (Å²) in [5.74, 6) is -4.60. The van der Waals surface area contributed by atoms with E-state index >= 15 is 0 Å². The topological polar surface area (TPSA) is 400 Å². The predicted molar refractivity (Wildman–Crippen MR) is 324 cm³/mol. The van der Waals surface area contributed by atoms with E-state index in [0.29, 0.717) is 32.1 Å². The van der Waals surface area contributed by atoms with E-state index in [4.69, 9.17) is 66.3 Å². The second-order valence-electron chi connectivity index (χ2n) is 26.2. The smallest absolute Gasteiger partial charge is 0.311 e. The largest absolute Gasteiger partial charge is 0.456 e. The number of unbranched alkanes of at least 4 members (excludes halogenated alkanes) is 10. The number of rotatable bonds is 27. The Morgan fingerprint density at radius 2 is 1.02 bits per heavy atom. The molecule has 540 valence electrons. The average Bonchev–Trinajstić information content (AvgIpc) is 0.780. The Bertz CT molecular complexity index is 2180. The molecular weight excluding hydrogens is 1230 g/mol. The van der Waals surface area contributed by atoms with Crippen LogP contribution in [0.4, 0.5) is 0 Å². The summed E-state index contributed by atoms with van der Waals surface area (Å²) in [5.41, 5.74) is 0. The first-order chi connectivity index (χ1) is 44.4. The summed E-state index contributed by atoms with van der Waals surface area (Å²) < 4.78 is 87.3. The highest BCUT2D eigenvalue weighted by atomic mass is 16.8. The molecule has 3 unspecified atom stereocenters. The van der Waals surface area contributed by atoms with E-state index in [1.54, 1.807) is 0 Å². The van der Waals surface area contributed by atoms with Crippen LogP contribution < -0.4 is 0 Å². The van der Waals surface area contributed by atoms with Gasteiger partial charge in [-0.3, -0.25) is 19.2 Å². The van der Waals surface area contributed by atoms with Gasteiger partial charge in [-0.05, 0) is 60.3 Å². The van der Waals surface area contributed by atoms with Gasteiger partial charge in [0.1, 0.15) is 73.2 Å². The fourth-order valence-corrected chi connectivity index (χ4v) is 12.7. The fraction of sp³-hybridized carbons (Fsp3) is 0.938. The van der Waals surface area contributed by atoms with E-state index in [2.05, 4.69) is 13.8 Å². The maximum Gasteiger partial charge on any atom is 0.311 e. The third kappa shape index (κ3) is 22.5. The summed E-state index contributed by atoms with van der Waals surface area (Å²) in [6, 6.07) is 0. The molecule has 0 aliphatic carbocycles. The SMILES string of the molecule is CCCCCCCCCCCC(=O)O[C@H]1[C@H](O[C@@H]2[C@@H](O)[C@H]3OC(=O)CCCCCCCCCC(CCCCC)O[C@@H]4O[C@H](CO)[C@@H](O)[C@H](O)[C@H]4O[C@H]3O[C@H]2C)O[C@@H](C)[C@H](O[C@@H]2O[C@@H](C)[C@H](OC(C)=O)[C@@H](OC(=O)C(C)C(C)O)[C@H]2O[C@H]2O[C@H](CO)[C@@H](O)[C@H](O)[C@H]2O)[C@H]1O. The molecule has 0 spiro atoms. The van der Waals surface area contributed by atoms with Gasteiger partial charge in [-0.1, -0.05) is 123 Å². The zero-order valence-corrected chi connectivity index (χ0v) is 55.7. The Kier molecular flexibility index (Phi) is 33.7. The standard InChI is InChI=1S/C65H112O28/c1-9-11-13-14-15-16-19-22-26-30-43(70)87-56-51(78)53(91-65-59(93-61-49(76)47(74)45(72)41(32-66)85-61)58(89-60(79)34(3)35(4)68)54(38(7)82-65)83-39(8)69)37(6)80-62(56)90-52-36(5)81-63-57(50(52)77)88-44(71)31-27-23-20-17-18-21-25-29-40(28-24-12-10-2)84-64-55(92-63)48(75)46(73)42(33-67)86-64/h34-38,40-42,45-59,61-68,72-78H,9-33H2,1-8H3/t34?,35?,36-,37-,38-,40?,41+,42+,45+,46+,47-,48-,49+,50+,51+,52-,53-,54-,55+,56+,57+,58+,59+,61+,62-,63+,64+,65-/m0/s1. The van der Waals surface area contributed by atoms with Gasteiger partial charge in [0, 0.05) is 19.8 Å². The van der Waals surface area contributed by atoms with Crippen LogP contribution >= 0.6 is 0 Å². The van der Waals surface area contributed by atoms with Crippen LogP contribution in [-0.2, 0) is 85.5 Å². The number of aliphatic hydroxyl groups excluding tert-OH is 10. The van der Waals surface area contributed by atoms with Gasteiger partial charge in [0.15, 0.2) is 62.0 Å². The van der Waals surface area contributed by atoms with Gasteiger partial charge in [-0.15, -0.1) is 0 Å². The molecule has 0 radical (unpaired) electrons. The number of hydrogen-bond donors (Lipinski definition) is 10. The molecule has 0 saturated carbocycles. The van der Waals surface area contributed by atoms with E-state index < -0.39 is 203 Å². The summed E-state index contributed by atoms with van der Waals surface area (Å²) in [6.45, 7) is 10.8. The molecule has 0 aromatic rings. The molecule has 6 fully saturated rings. The van der Waals surface area contributed by atoms with Gasteiger partial charge in [-0.2, -0.15) is 0 Å². The lowest BCUT2D eigenvalue weighted by atomic mass is 9.95. The summed E-state index contributed by atoms with van der Waals surface area (Å²) in [7, 11) is 0. The van der Waals surface area contributed by atoms with Crippen LogP contribution in [0.1, 0.15) is 203 Å². The molecule has 10 N–H and O–H groups in total. The Labute approximate surface area is 546 Å². The van der Waals surface area contributed by atoms with Crippen molar-refractivity contribution in [1.82, 2.24) is 0 Å². The van der Waals surface area contributed by atoms with Crippen molar-refractivity contribution in [3.8, 4) is 0 Å². The molecule has 0 amide bonds. The molecule has 28 nitrogen and oxygen atoms in total. The quantitative estimate of drug-likeness (QED) is 0.0321. The number of carbonyl (C=O) groups excluding carboxylic acids is 4. The lowest BCUT2D eigenvalue weighted by Crippen LogP contribution is -2.68. The maximum atomic E-state index is 14.1. The Morgan fingerprint density at radius 1 is 0.495 bits per heavy atom. The normalized spacial score (nSPS) is 40.0. The Morgan fingerprint density at radius 3 is 1.65 bits per heavy atom. The van der Waals surface area contributed by atoms with Gasteiger partial charge in [-0.25, -0.2) is 0 Å². The molecule has 28 atom stereocenters. The predicted octanol–water partition coefficient (Wildman–Crippen LogP) is 2.82. The first-order valence-corrected chi connectivity index (χ1v) is 34.4. The van der Waals surface area contributed by atoms with E-state index in [1.807, 2.05) is 0 Å². The van der Waals surface area contributed by atoms with Crippen molar-refractivity contribution in [2.75, 3.05) is 13.2 Å². The van der Waals surface area contributed by atoms with Gasteiger partial charge in [0.2, 0.25) is 0 Å². The lowest BCUT2D eigenvalue weighted by Gasteiger charge is -2.50. The van der Waals surface area contributed by atoms with Gasteiger partial charge in [0.25, 0.3) is 0 Å². The van der Waals surface area contributed by atoms with E-state index in [9.17, 15) is 70.2 Å². The van der Waals surface area contributed by atoms with Crippen LogP contribution in [0, 0.1) is 5.92 Å². The van der Waals surface area contributed by atoms with E-state index in [-0.39, 0.29) is 18.9 Å². The molecule has 93 heavy (non-hydrogen) atoms. The summed E-state index contributed by atoms with van der Waals surface area (Å²) in [5, 5.41) is 112. The highest BCUT2D eigenvalue weighted by Gasteiger charge is 2.59. The maximum absolute atomic E-state index is 14.1. The molecule has 6 rings (SSSR count). The van der Waals surface area contributed by atoms with Gasteiger partial charge < -0.3 is 117 Å². The van der Waals surface area contributed by atoms with Crippen molar-refractivity contribution in [3.63, 3.8) is 0 Å². The first kappa shape index (κ1) is 79.1. The zero-order valence-electron chi connectivity index (χ0n) is 55.7. The monoisotopic (exact) mass is 1340 g/mol. The van der Waals surface area contributed by atoms with Crippen LogP contribution in [0.15, 0.2) is 0 Å². The summed E-state index contributed by atoms with van der Waals surface area (Å²) in [6.07, 6.45) is -25.4. The van der Waals surface area contributed by atoms with E-state index in [0.717, 1.165) is 110 Å². The van der Waals surface area contributed by atoms with Gasteiger partial charge >= 0.3 is 23.9 Å². The third-order valence-electron chi connectivity index (χ3n) is 18.6. The van der Waals surface area contributed by atoms with Crippen molar-refractivity contribution in [2.45, 2.75) is 369 Å². The summed E-state index contributed by atoms with van der Waals surface area (Å²) in [4.78, 5) is 54.5. The second-order valence-corrected chi connectivity index (χ2v) is 26.2. The Balaban J connectivity index is 1.34. The van der Waals surface area contributed by atoms with Crippen LogP contribution in [0.2, 0.25) is 0 Å². The minimum Gasteiger partial charge on any atom is -0.456 e. The highest BCUT2D eigenvalue weighted by Crippen LogP contribution is 2.40. The van der Waals surface area contributed by atoms with Crippen molar-refractivity contribution in [3.05, 3.63) is 0 Å². The van der Waals surface area contributed by atoms with Crippen LogP contribution in [-0.4, -0.2) is 254 Å². The van der Waals surface area contributed by atoms with Crippen molar-refractivity contribution >= 4 is 23.9 Å². The van der Waals surface area contributed by atoms with Gasteiger partial charge in [0.05, 0.1) is 49.7 Å². The molecule has 0 bridgehead atoms. The molecule has 6 saturated heterocycles. The molecule has 6 aliphatic rings. The third-order valence-corrected chi connectivity index (χ3v) is 18.6. The summed E-state index contributed by atoms with van der Waals surface area (Å²) >= 11 is 0. The number of esters is 4. The number of fused-ring (bicyclic) bond motifs is 2. The fourth-order valence-electron chi connectivity index (χ4n) is 12.7. The van der Waals surface area contributed by atoms with Crippen LogP contribution in [0.3, 0.4) is 0 Å². The molecule has 6 heterocycles. The van der Waals surface area contributed by atoms with Crippen molar-refractivity contribution in [2.24, 2.45) is 5.92 Å². The molecule has 28 heteroatoms. The van der Waals surface area contributed by atoms with E-state index in [1.165, 1.54) is 34.6 Å². The Hall–Kier alpha value is -2.92. The lowest BCUT2D eigenvalue weighted by molar-refractivity contribution is -0.396. The number of aliphatic hydroxyl groups is 10. The van der Waals surface area contributed by atoms with Crippen molar-refractivity contribution < 1.29 is 137 Å². The van der Waals surface area contributed by atoms with Crippen LogP contribution in [0.25, 0.3) is 0 Å². The minimum atomic E-state index is -2.05.